The Morgan fingerprint density at radius 3 is 2.28 bits per heavy atom. The summed E-state index contributed by atoms with van der Waals surface area (Å²) in [5, 5.41) is 2.84. The van der Waals surface area contributed by atoms with Crippen molar-refractivity contribution >= 4 is 28.4 Å². The molecule has 0 spiro atoms. The molecule has 0 radical (unpaired) electrons. The number of para-hydroxylation sites is 2. The van der Waals surface area contributed by atoms with Gasteiger partial charge >= 0.3 is 0 Å². The average Bonchev–Trinajstić information content (AvgIpc) is 2.83. The van der Waals surface area contributed by atoms with Gasteiger partial charge in [-0.25, -0.2) is 4.98 Å². The van der Waals surface area contributed by atoms with Crippen molar-refractivity contribution in [3.05, 3.63) is 84.6 Å². The summed E-state index contributed by atoms with van der Waals surface area (Å²) in [7, 11) is 0. The van der Waals surface area contributed by atoms with E-state index in [0.717, 1.165) is 22.3 Å². The standard InChI is InChI=1S/C26H23N3O3/c1-3-25(26(31)28-20-12-8-18(9-13-20)17(2)30)32-21-14-10-19(11-15-21)24-16-27-22-6-4-5-7-23(22)29-24/h4-16,25H,3H2,1-2H3,(H,28,31)/t25-/m1/s1. The number of Topliss-reactive ketones (excluding diaryl/α,β-unsaturated/α-hetero) is 1. The van der Waals surface area contributed by atoms with Gasteiger partial charge in [-0.05, 0) is 74.0 Å². The molecule has 0 fully saturated rings. The van der Waals surface area contributed by atoms with E-state index in [2.05, 4.69) is 15.3 Å². The summed E-state index contributed by atoms with van der Waals surface area (Å²) in [6.45, 7) is 3.40. The fraction of sp³-hybridized carbons (Fsp3) is 0.154. The maximum Gasteiger partial charge on any atom is 0.265 e. The summed E-state index contributed by atoms with van der Waals surface area (Å²) in [5.74, 6) is 0.333. The minimum Gasteiger partial charge on any atom is -0.481 e. The third-order valence-electron chi connectivity index (χ3n) is 5.10. The molecule has 0 bridgehead atoms. The van der Waals surface area contributed by atoms with E-state index in [1.165, 1.54) is 6.92 Å². The number of carbonyl (C=O) groups is 2. The summed E-state index contributed by atoms with van der Waals surface area (Å²) < 4.78 is 5.92. The lowest BCUT2D eigenvalue weighted by molar-refractivity contribution is -0.122. The number of ether oxygens (including phenoxy) is 1. The number of fused-ring (bicyclic) bond motifs is 1. The smallest absolute Gasteiger partial charge is 0.265 e. The zero-order valence-electron chi connectivity index (χ0n) is 17.9. The molecule has 1 heterocycles. The van der Waals surface area contributed by atoms with E-state index >= 15 is 0 Å². The summed E-state index contributed by atoms with van der Waals surface area (Å²) in [5.41, 5.74) is 4.59. The number of nitrogens with zero attached hydrogens (tertiary/aromatic N) is 2. The van der Waals surface area contributed by atoms with Gasteiger partial charge in [0.2, 0.25) is 0 Å². The molecule has 1 N–H and O–H groups in total. The number of ketones is 1. The number of carbonyl (C=O) groups excluding carboxylic acids is 2. The Kier molecular flexibility index (Phi) is 6.22. The van der Waals surface area contributed by atoms with E-state index in [4.69, 9.17) is 4.74 Å². The molecule has 1 aromatic heterocycles. The first-order chi connectivity index (χ1) is 15.5. The lowest BCUT2D eigenvalue weighted by Crippen LogP contribution is -2.32. The van der Waals surface area contributed by atoms with E-state index in [9.17, 15) is 9.59 Å². The molecule has 1 amide bonds. The van der Waals surface area contributed by atoms with Crippen molar-refractivity contribution in [2.75, 3.05) is 5.32 Å². The molecular weight excluding hydrogens is 402 g/mol. The summed E-state index contributed by atoms with van der Waals surface area (Å²) in [4.78, 5) is 33.2. The molecule has 0 saturated carbocycles. The van der Waals surface area contributed by atoms with Crippen molar-refractivity contribution in [2.24, 2.45) is 0 Å². The number of benzene rings is 3. The third kappa shape index (κ3) is 4.81. The van der Waals surface area contributed by atoms with Gasteiger partial charge in [-0.2, -0.15) is 0 Å². The van der Waals surface area contributed by atoms with Crippen LogP contribution in [0.2, 0.25) is 0 Å². The molecule has 160 valence electrons. The molecule has 0 saturated heterocycles. The van der Waals surface area contributed by atoms with E-state index < -0.39 is 6.10 Å². The van der Waals surface area contributed by atoms with Gasteiger partial charge in [0.1, 0.15) is 5.75 Å². The molecule has 0 aliphatic rings. The lowest BCUT2D eigenvalue weighted by Gasteiger charge is -2.17. The van der Waals surface area contributed by atoms with Gasteiger partial charge in [0, 0.05) is 16.8 Å². The highest BCUT2D eigenvalue weighted by molar-refractivity contribution is 5.96. The molecule has 0 aliphatic carbocycles. The van der Waals surface area contributed by atoms with Crippen LogP contribution in [0, 0.1) is 0 Å². The quantitative estimate of drug-likeness (QED) is 0.407. The first kappa shape index (κ1) is 21.2. The van der Waals surface area contributed by atoms with Gasteiger partial charge in [-0.15, -0.1) is 0 Å². The van der Waals surface area contributed by atoms with Crippen LogP contribution in [0.25, 0.3) is 22.3 Å². The number of aromatic nitrogens is 2. The Hall–Kier alpha value is -4.06. The molecule has 1 atom stereocenters. The summed E-state index contributed by atoms with van der Waals surface area (Å²) in [6.07, 6.45) is 1.61. The Morgan fingerprint density at radius 2 is 1.62 bits per heavy atom. The van der Waals surface area contributed by atoms with Crippen molar-refractivity contribution in [1.82, 2.24) is 9.97 Å². The molecular formula is C26H23N3O3. The minimum atomic E-state index is -0.645. The number of rotatable bonds is 7. The van der Waals surface area contributed by atoms with E-state index in [1.54, 1.807) is 30.5 Å². The van der Waals surface area contributed by atoms with Crippen LogP contribution in [0.4, 0.5) is 5.69 Å². The fourth-order valence-corrected chi connectivity index (χ4v) is 3.30. The first-order valence-corrected chi connectivity index (χ1v) is 10.4. The van der Waals surface area contributed by atoms with Gasteiger partial charge in [-0.1, -0.05) is 19.1 Å². The highest BCUT2D eigenvalue weighted by Crippen LogP contribution is 2.23. The zero-order valence-corrected chi connectivity index (χ0v) is 17.9. The van der Waals surface area contributed by atoms with Gasteiger partial charge in [0.05, 0.1) is 22.9 Å². The van der Waals surface area contributed by atoms with Crippen LogP contribution in [0.5, 0.6) is 5.75 Å². The molecule has 6 nitrogen and oxygen atoms in total. The Balaban J connectivity index is 1.43. The second-order valence-corrected chi connectivity index (χ2v) is 7.41. The van der Waals surface area contributed by atoms with Crippen molar-refractivity contribution in [2.45, 2.75) is 26.4 Å². The molecule has 4 aromatic rings. The maximum atomic E-state index is 12.7. The van der Waals surface area contributed by atoms with Crippen LogP contribution >= 0.6 is 0 Å². The Bertz CT molecular complexity index is 1250. The number of nitrogens with one attached hydrogen (secondary N) is 1. The molecule has 6 heteroatoms. The topological polar surface area (TPSA) is 81.2 Å². The highest BCUT2D eigenvalue weighted by Gasteiger charge is 2.19. The predicted molar refractivity (Wildman–Crippen MR) is 125 cm³/mol. The third-order valence-corrected chi connectivity index (χ3v) is 5.10. The Morgan fingerprint density at radius 1 is 0.938 bits per heavy atom. The molecule has 32 heavy (non-hydrogen) atoms. The van der Waals surface area contributed by atoms with E-state index in [-0.39, 0.29) is 11.7 Å². The van der Waals surface area contributed by atoms with E-state index in [0.29, 0.717) is 23.4 Å². The lowest BCUT2D eigenvalue weighted by atomic mass is 10.1. The second kappa shape index (κ2) is 9.39. The molecule has 0 unspecified atom stereocenters. The minimum absolute atomic E-state index is 0.0178. The average molecular weight is 425 g/mol. The Labute approximate surface area is 186 Å². The number of anilines is 1. The van der Waals surface area contributed by atoms with Crippen molar-refractivity contribution in [1.29, 1.82) is 0 Å². The van der Waals surface area contributed by atoms with Crippen LogP contribution in [0.15, 0.2) is 79.0 Å². The van der Waals surface area contributed by atoms with Crippen molar-refractivity contribution in [3.8, 4) is 17.0 Å². The number of hydrogen-bond donors (Lipinski definition) is 1. The van der Waals surface area contributed by atoms with Gasteiger partial charge < -0.3 is 10.1 Å². The van der Waals surface area contributed by atoms with Crippen molar-refractivity contribution < 1.29 is 14.3 Å². The molecule has 3 aromatic carbocycles. The number of amides is 1. The molecule has 0 aliphatic heterocycles. The van der Waals surface area contributed by atoms with Crippen LogP contribution < -0.4 is 10.1 Å². The highest BCUT2D eigenvalue weighted by atomic mass is 16.5. The van der Waals surface area contributed by atoms with Gasteiger partial charge in [-0.3, -0.25) is 14.6 Å². The normalized spacial score (nSPS) is 11.7. The van der Waals surface area contributed by atoms with Gasteiger partial charge in [0.25, 0.3) is 5.91 Å². The monoisotopic (exact) mass is 425 g/mol. The first-order valence-electron chi connectivity index (χ1n) is 10.4. The van der Waals surface area contributed by atoms with Gasteiger partial charge in [0.15, 0.2) is 11.9 Å². The van der Waals surface area contributed by atoms with Crippen LogP contribution in [0.1, 0.15) is 30.6 Å². The second-order valence-electron chi connectivity index (χ2n) is 7.41. The summed E-state index contributed by atoms with van der Waals surface area (Å²) >= 11 is 0. The maximum absolute atomic E-state index is 12.7. The van der Waals surface area contributed by atoms with Crippen molar-refractivity contribution in [3.63, 3.8) is 0 Å². The predicted octanol–water partition coefficient (Wildman–Crippen LogP) is 5.30. The van der Waals surface area contributed by atoms with E-state index in [1.807, 2.05) is 55.5 Å². The summed E-state index contributed by atoms with van der Waals surface area (Å²) in [6, 6.07) is 22.0. The van der Waals surface area contributed by atoms with Crippen LogP contribution in [-0.2, 0) is 4.79 Å². The fourth-order valence-electron chi connectivity index (χ4n) is 3.30. The van der Waals surface area contributed by atoms with Crippen LogP contribution in [-0.4, -0.2) is 27.8 Å². The zero-order chi connectivity index (χ0) is 22.5. The largest absolute Gasteiger partial charge is 0.481 e. The van der Waals surface area contributed by atoms with Crippen LogP contribution in [0.3, 0.4) is 0 Å². The number of hydrogen-bond acceptors (Lipinski definition) is 5. The molecule has 4 rings (SSSR count). The SMILES string of the molecule is CC[C@@H](Oc1ccc(-c2cnc3ccccc3n2)cc1)C(=O)Nc1ccc(C(C)=O)cc1.